The number of carbonyl (C=O) groups excluding carboxylic acids is 2. The van der Waals surface area contributed by atoms with Gasteiger partial charge in [-0.05, 0) is 96.3 Å². The predicted molar refractivity (Wildman–Crippen MR) is 384 cm³/mol. The molecule has 8 atom stereocenters. The Hall–Kier alpha value is -3.16. The number of nitrogens with one attached hydrogen (secondary N) is 1. The van der Waals surface area contributed by atoms with Crippen LogP contribution in [-0.2, 0) is 23.8 Å². The van der Waals surface area contributed by atoms with Gasteiger partial charge in [-0.3, -0.25) is 9.59 Å². The highest BCUT2D eigenvalue weighted by molar-refractivity contribution is 5.80. The van der Waals surface area contributed by atoms with Crippen molar-refractivity contribution in [3.63, 3.8) is 0 Å². The highest BCUT2D eigenvalue weighted by Gasteiger charge is 2.47. The van der Waals surface area contributed by atoms with Crippen LogP contribution in [0.5, 0.6) is 0 Å². The lowest BCUT2D eigenvalue weighted by Gasteiger charge is -2.41. The fourth-order valence-corrected chi connectivity index (χ4v) is 11.8. The summed E-state index contributed by atoms with van der Waals surface area (Å²) in [4.78, 5) is 26.8. The van der Waals surface area contributed by atoms with Crippen LogP contribution in [0.4, 0.5) is 0 Å². The third-order valence-electron chi connectivity index (χ3n) is 17.8. The van der Waals surface area contributed by atoms with Crippen molar-refractivity contribution in [1.82, 2.24) is 5.32 Å². The second kappa shape index (κ2) is 66.8. The molecule has 0 aromatic rings. The summed E-state index contributed by atoms with van der Waals surface area (Å²) < 4.78 is 17.7. The van der Waals surface area contributed by atoms with Crippen molar-refractivity contribution in [1.29, 1.82) is 0 Å². The quantitative estimate of drug-likeness (QED) is 0.0195. The van der Waals surface area contributed by atoms with Gasteiger partial charge in [0.15, 0.2) is 12.4 Å². The zero-order valence-corrected chi connectivity index (χ0v) is 59.0. The van der Waals surface area contributed by atoms with Crippen molar-refractivity contribution < 1.29 is 49.3 Å². The summed E-state index contributed by atoms with van der Waals surface area (Å²) in [5.74, 6) is -1.19. The van der Waals surface area contributed by atoms with Gasteiger partial charge in [-0.2, -0.15) is 0 Å². The van der Waals surface area contributed by atoms with Crippen LogP contribution in [0.1, 0.15) is 348 Å². The molecule has 0 aromatic heterocycles. The lowest BCUT2D eigenvalue weighted by atomic mass is 9.99. The first kappa shape index (κ1) is 85.9. The molecule has 11 heteroatoms. The molecule has 1 fully saturated rings. The second-order valence-corrected chi connectivity index (χ2v) is 26.4. The molecule has 0 spiro atoms. The summed E-state index contributed by atoms with van der Waals surface area (Å²) in [6, 6.07) is -1.03. The fraction of sp³-hybridized carbons (Fsp3) is 0.800. The SMILES string of the molecule is CC/C=C\C/C=C\C/C=C\C/C=C\C/C=C\CCCCCCCCCCCCCC(=O)OC1C(OCC(NC(=O)C(O)CCCCCCCCCCCCCC/C=C/CCCCCCCC)C(O)/C=C/CCCCCCCCCCCCC)OC(CO)C(O)C1O. The average molecular weight is 1280 g/mol. The Bertz CT molecular complexity index is 1810. The lowest BCUT2D eigenvalue weighted by Crippen LogP contribution is -2.61. The van der Waals surface area contributed by atoms with Crippen LogP contribution in [0, 0.1) is 0 Å². The molecular weight excluding hydrogens is 1130 g/mol. The Labute approximate surface area is 559 Å². The van der Waals surface area contributed by atoms with Gasteiger partial charge in [-0.15, -0.1) is 0 Å². The molecule has 1 saturated heterocycles. The van der Waals surface area contributed by atoms with Gasteiger partial charge in [0.1, 0.15) is 24.4 Å². The molecule has 1 amide bonds. The van der Waals surface area contributed by atoms with E-state index in [2.05, 4.69) is 99.0 Å². The van der Waals surface area contributed by atoms with Gasteiger partial charge in [0, 0.05) is 6.42 Å². The summed E-state index contributed by atoms with van der Waals surface area (Å²) >= 11 is 0. The molecule has 6 N–H and O–H groups in total. The second-order valence-electron chi connectivity index (χ2n) is 26.4. The largest absolute Gasteiger partial charge is 0.454 e. The van der Waals surface area contributed by atoms with Crippen LogP contribution >= 0.6 is 0 Å². The van der Waals surface area contributed by atoms with Crippen molar-refractivity contribution in [3.05, 3.63) is 85.1 Å². The molecule has 11 nitrogen and oxygen atoms in total. The number of carbonyl (C=O) groups is 2. The van der Waals surface area contributed by atoms with Gasteiger partial charge in [0.05, 0.1) is 25.4 Å². The number of hydrogen-bond acceptors (Lipinski definition) is 10. The maximum atomic E-state index is 13.5. The molecule has 0 radical (unpaired) electrons. The zero-order valence-electron chi connectivity index (χ0n) is 59.0. The van der Waals surface area contributed by atoms with E-state index >= 15 is 0 Å². The minimum absolute atomic E-state index is 0.118. The van der Waals surface area contributed by atoms with Crippen molar-refractivity contribution in [2.24, 2.45) is 0 Å². The van der Waals surface area contributed by atoms with Crippen molar-refractivity contribution in [2.75, 3.05) is 13.2 Å². The number of rotatable bonds is 66. The zero-order chi connectivity index (χ0) is 66.0. The highest BCUT2D eigenvalue weighted by Crippen LogP contribution is 2.26. The van der Waals surface area contributed by atoms with E-state index in [0.29, 0.717) is 19.3 Å². The molecule has 91 heavy (non-hydrogen) atoms. The van der Waals surface area contributed by atoms with Gasteiger partial charge in [-0.1, -0.05) is 331 Å². The number of ether oxygens (including phenoxy) is 3. The molecular formula is C80H143NO10. The van der Waals surface area contributed by atoms with E-state index in [4.69, 9.17) is 14.2 Å². The van der Waals surface area contributed by atoms with Crippen LogP contribution < -0.4 is 5.32 Å². The number of esters is 1. The van der Waals surface area contributed by atoms with Crippen LogP contribution in [0.3, 0.4) is 0 Å². The van der Waals surface area contributed by atoms with Crippen molar-refractivity contribution in [2.45, 2.75) is 397 Å². The van der Waals surface area contributed by atoms with E-state index in [9.17, 15) is 35.1 Å². The van der Waals surface area contributed by atoms with Gasteiger partial charge in [0.25, 0.3) is 0 Å². The molecule has 0 aromatic carbocycles. The molecule has 0 saturated carbocycles. The summed E-state index contributed by atoms with van der Waals surface area (Å²) in [7, 11) is 0. The number of aliphatic hydroxyl groups is 5. The third kappa shape index (κ3) is 53.7. The van der Waals surface area contributed by atoms with Crippen molar-refractivity contribution in [3.8, 4) is 0 Å². The molecule has 1 aliphatic heterocycles. The molecule has 0 bridgehead atoms. The summed E-state index contributed by atoms with van der Waals surface area (Å²) in [6.45, 7) is 5.72. The maximum Gasteiger partial charge on any atom is 0.306 e. The third-order valence-corrected chi connectivity index (χ3v) is 17.8. The average Bonchev–Trinajstić information content (AvgIpc) is 1.11. The maximum absolute atomic E-state index is 13.5. The van der Waals surface area contributed by atoms with Crippen LogP contribution in [0.25, 0.3) is 0 Å². The Morgan fingerprint density at radius 3 is 1.20 bits per heavy atom. The standard InChI is InChI=1S/C80H143NO10/c1-4-7-10-13-16-19-22-25-27-29-31-33-35-36-37-38-39-41-43-45-47-50-53-56-59-62-65-68-75(85)91-78-77(87)76(86)74(69-82)90-80(78)89-70-71(72(83)66-63-60-57-54-51-48-24-21-18-15-12-9-6-3)81-79(88)73(84)67-64-61-58-55-52-49-46-44-42-40-34-32-30-28-26-23-20-17-14-11-8-5-2/h7,10,16,19,25-28,31,33,36-37,63,66,71-74,76-78,80,82-84,86-87H,4-6,8-9,11-15,17-18,20-24,29-30,32,34-35,38-62,64-65,67-70H2,1-3H3,(H,81,88)/b10-7-,19-16-,27-25-,28-26+,33-31-,37-36-,66-63+. The minimum atomic E-state index is -1.62. The van der Waals surface area contributed by atoms with Gasteiger partial charge < -0.3 is 45.1 Å². The van der Waals surface area contributed by atoms with E-state index in [-0.39, 0.29) is 13.0 Å². The highest BCUT2D eigenvalue weighted by atomic mass is 16.7. The Morgan fingerprint density at radius 2 is 0.791 bits per heavy atom. The predicted octanol–water partition coefficient (Wildman–Crippen LogP) is 20.4. The first-order valence-electron chi connectivity index (χ1n) is 38.4. The van der Waals surface area contributed by atoms with E-state index in [1.807, 2.05) is 6.08 Å². The number of hydrogen-bond donors (Lipinski definition) is 6. The molecule has 8 unspecified atom stereocenters. The monoisotopic (exact) mass is 1280 g/mol. The summed E-state index contributed by atoms with van der Waals surface area (Å²) in [6.07, 6.45) is 79.1. The molecule has 1 aliphatic rings. The normalized spacial score (nSPS) is 18.4. The Morgan fingerprint density at radius 1 is 0.440 bits per heavy atom. The molecule has 0 aliphatic carbocycles. The topological polar surface area (TPSA) is 175 Å². The molecule has 1 heterocycles. The van der Waals surface area contributed by atoms with Crippen molar-refractivity contribution >= 4 is 11.9 Å². The lowest BCUT2D eigenvalue weighted by molar-refractivity contribution is -0.305. The van der Waals surface area contributed by atoms with Gasteiger partial charge in [0.2, 0.25) is 5.91 Å². The van der Waals surface area contributed by atoms with E-state index in [1.54, 1.807) is 6.08 Å². The minimum Gasteiger partial charge on any atom is -0.454 e. The number of allylic oxidation sites excluding steroid dienone is 13. The van der Waals surface area contributed by atoms with E-state index in [1.165, 1.54) is 205 Å². The Kier molecular flexibility index (Phi) is 63.1. The number of unbranched alkanes of at least 4 members (excludes halogenated alkanes) is 40. The first-order chi connectivity index (χ1) is 44.7. The summed E-state index contributed by atoms with van der Waals surface area (Å²) in [5, 5.41) is 57.4. The molecule has 1 rings (SSSR count). The Balaban J connectivity index is 2.54. The smallest absolute Gasteiger partial charge is 0.306 e. The number of amides is 1. The van der Waals surface area contributed by atoms with Crippen LogP contribution in [0.2, 0.25) is 0 Å². The van der Waals surface area contributed by atoms with Crippen LogP contribution in [0.15, 0.2) is 85.1 Å². The van der Waals surface area contributed by atoms with Gasteiger partial charge >= 0.3 is 5.97 Å². The first-order valence-corrected chi connectivity index (χ1v) is 38.4. The number of aliphatic hydroxyl groups excluding tert-OH is 5. The summed E-state index contributed by atoms with van der Waals surface area (Å²) in [5.41, 5.74) is 0. The van der Waals surface area contributed by atoms with Crippen LogP contribution in [-0.4, -0.2) is 99.6 Å². The van der Waals surface area contributed by atoms with Gasteiger partial charge in [-0.25, -0.2) is 0 Å². The molecule has 528 valence electrons. The van der Waals surface area contributed by atoms with E-state index < -0.39 is 67.4 Å². The fourth-order valence-electron chi connectivity index (χ4n) is 11.8. The van der Waals surface area contributed by atoms with E-state index in [0.717, 1.165) is 96.3 Å².